The Morgan fingerprint density at radius 1 is 1.10 bits per heavy atom. The molecule has 2 unspecified atom stereocenters. The minimum atomic E-state index is 0. The van der Waals surface area contributed by atoms with Crippen LogP contribution in [0, 0.1) is 5.92 Å². The number of amides is 1. The molecule has 1 saturated carbocycles. The molecule has 2 fully saturated rings. The summed E-state index contributed by atoms with van der Waals surface area (Å²) in [5.41, 5.74) is 5.92. The minimum Gasteiger partial charge on any atom is -0.355 e. The first-order valence-electron chi connectivity index (χ1n) is 7.51. The molecule has 6 heteroatoms. The zero-order chi connectivity index (χ0) is 12.8. The van der Waals surface area contributed by atoms with Gasteiger partial charge in [-0.1, -0.05) is 12.8 Å². The van der Waals surface area contributed by atoms with Gasteiger partial charge in [0.15, 0.2) is 0 Å². The van der Waals surface area contributed by atoms with Gasteiger partial charge in [0.2, 0.25) is 5.91 Å². The highest BCUT2D eigenvalue weighted by Gasteiger charge is 2.25. The highest BCUT2D eigenvalue weighted by atomic mass is 35.5. The first kappa shape index (κ1) is 20.0. The van der Waals surface area contributed by atoms with Gasteiger partial charge in [-0.05, 0) is 45.2 Å². The summed E-state index contributed by atoms with van der Waals surface area (Å²) in [6.45, 7) is 4.20. The van der Waals surface area contributed by atoms with E-state index in [0.717, 1.165) is 38.8 Å². The first-order chi connectivity index (χ1) is 8.75. The van der Waals surface area contributed by atoms with E-state index < -0.39 is 0 Å². The van der Waals surface area contributed by atoms with E-state index in [2.05, 4.69) is 10.2 Å². The van der Waals surface area contributed by atoms with E-state index in [1.54, 1.807) is 0 Å². The summed E-state index contributed by atoms with van der Waals surface area (Å²) in [4.78, 5) is 14.5. The molecule has 20 heavy (non-hydrogen) atoms. The molecule has 0 aromatic rings. The molecule has 1 heterocycles. The maximum Gasteiger partial charge on any atom is 0.223 e. The van der Waals surface area contributed by atoms with Crippen LogP contribution in [0.1, 0.15) is 44.9 Å². The summed E-state index contributed by atoms with van der Waals surface area (Å²) in [5, 5.41) is 3.08. The van der Waals surface area contributed by atoms with Crippen molar-refractivity contribution in [2.24, 2.45) is 11.7 Å². The van der Waals surface area contributed by atoms with Crippen molar-refractivity contribution < 1.29 is 4.79 Å². The second-order valence-corrected chi connectivity index (χ2v) is 5.82. The molecule has 1 saturated heterocycles. The average Bonchev–Trinajstić information content (AvgIpc) is 2.40. The summed E-state index contributed by atoms with van der Waals surface area (Å²) in [6.07, 6.45) is 8.06. The summed E-state index contributed by atoms with van der Waals surface area (Å²) in [6, 6.07) is 0.233. The predicted octanol–water partition coefficient (Wildman–Crippen LogP) is 1.95. The van der Waals surface area contributed by atoms with E-state index in [4.69, 9.17) is 5.73 Å². The van der Waals surface area contributed by atoms with Crippen LogP contribution in [-0.2, 0) is 4.79 Å². The SMILES string of the molecule is Cl.Cl.NC1CCCC(C(=O)NCCN2CCCCC2)C1. The number of piperidine rings is 1. The van der Waals surface area contributed by atoms with Crippen LogP contribution >= 0.6 is 24.8 Å². The Kier molecular flexibility index (Phi) is 10.6. The summed E-state index contributed by atoms with van der Waals surface area (Å²) in [5.74, 6) is 0.386. The predicted molar refractivity (Wildman–Crippen MR) is 87.7 cm³/mol. The summed E-state index contributed by atoms with van der Waals surface area (Å²) in [7, 11) is 0. The molecule has 2 aliphatic rings. The third-order valence-corrected chi connectivity index (χ3v) is 4.26. The van der Waals surface area contributed by atoms with Gasteiger partial charge in [-0.15, -0.1) is 24.8 Å². The van der Waals surface area contributed by atoms with E-state index in [-0.39, 0.29) is 42.7 Å². The number of nitrogens with one attached hydrogen (secondary N) is 1. The van der Waals surface area contributed by atoms with E-state index in [1.165, 1.54) is 32.4 Å². The minimum absolute atomic E-state index is 0. The van der Waals surface area contributed by atoms with Crippen LogP contribution in [0.4, 0.5) is 0 Å². The Morgan fingerprint density at radius 3 is 2.45 bits per heavy atom. The van der Waals surface area contributed by atoms with Crippen molar-refractivity contribution in [2.75, 3.05) is 26.2 Å². The highest BCUT2D eigenvalue weighted by Crippen LogP contribution is 2.22. The van der Waals surface area contributed by atoms with E-state index in [1.807, 2.05) is 0 Å². The number of nitrogens with zero attached hydrogens (tertiary/aromatic N) is 1. The van der Waals surface area contributed by atoms with Crippen molar-refractivity contribution in [1.82, 2.24) is 10.2 Å². The normalized spacial score (nSPS) is 27.1. The molecule has 0 spiro atoms. The second kappa shape index (κ2) is 10.7. The Bertz CT molecular complexity index is 273. The Balaban J connectivity index is 0.00000180. The second-order valence-electron chi connectivity index (χ2n) is 5.82. The van der Waals surface area contributed by atoms with Gasteiger partial charge >= 0.3 is 0 Å². The Labute approximate surface area is 135 Å². The Hall–Kier alpha value is -0.0300. The van der Waals surface area contributed by atoms with Crippen LogP contribution < -0.4 is 11.1 Å². The number of carbonyl (C=O) groups excluding carboxylic acids is 1. The number of hydrogen-bond acceptors (Lipinski definition) is 3. The zero-order valence-electron chi connectivity index (χ0n) is 12.2. The molecule has 1 aliphatic heterocycles. The van der Waals surface area contributed by atoms with Crippen molar-refractivity contribution >= 4 is 30.7 Å². The van der Waals surface area contributed by atoms with Gasteiger partial charge in [-0.3, -0.25) is 4.79 Å². The fourth-order valence-electron chi connectivity index (χ4n) is 3.13. The zero-order valence-corrected chi connectivity index (χ0v) is 13.8. The van der Waals surface area contributed by atoms with Crippen LogP contribution in [0.5, 0.6) is 0 Å². The van der Waals surface area contributed by atoms with E-state index in [9.17, 15) is 4.79 Å². The molecule has 0 bridgehead atoms. The topological polar surface area (TPSA) is 58.4 Å². The molecule has 2 atom stereocenters. The third kappa shape index (κ3) is 6.61. The molecule has 3 N–H and O–H groups in total. The van der Waals surface area contributed by atoms with Crippen LogP contribution in [0.3, 0.4) is 0 Å². The van der Waals surface area contributed by atoms with Crippen molar-refractivity contribution in [1.29, 1.82) is 0 Å². The molecule has 1 aliphatic carbocycles. The maximum absolute atomic E-state index is 12.0. The van der Waals surface area contributed by atoms with Crippen molar-refractivity contribution in [3.63, 3.8) is 0 Å². The van der Waals surface area contributed by atoms with Gasteiger partial charge in [0.25, 0.3) is 0 Å². The van der Waals surface area contributed by atoms with Gasteiger partial charge in [-0.2, -0.15) is 0 Å². The number of carbonyl (C=O) groups is 1. The fraction of sp³-hybridized carbons (Fsp3) is 0.929. The Morgan fingerprint density at radius 2 is 1.80 bits per heavy atom. The molecule has 2 rings (SSSR count). The molecule has 4 nitrogen and oxygen atoms in total. The molecular formula is C14H29Cl2N3O. The van der Waals surface area contributed by atoms with Crippen molar-refractivity contribution in [3.8, 4) is 0 Å². The molecule has 0 aromatic carbocycles. The fourth-order valence-corrected chi connectivity index (χ4v) is 3.13. The number of halogens is 2. The molecule has 120 valence electrons. The lowest BCUT2D eigenvalue weighted by Gasteiger charge is -2.28. The lowest BCUT2D eigenvalue weighted by atomic mass is 9.85. The number of rotatable bonds is 4. The van der Waals surface area contributed by atoms with Crippen LogP contribution in [0.2, 0.25) is 0 Å². The van der Waals surface area contributed by atoms with Crippen molar-refractivity contribution in [2.45, 2.75) is 51.0 Å². The number of likely N-dealkylation sites (tertiary alicyclic amines) is 1. The number of nitrogens with two attached hydrogens (primary N) is 1. The quantitative estimate of drug-likeness (QED) is 0.830. The van der Waals surface area contributed by atoms with Gasteiger partial charge < -0.3 is 16.0 Å². The van der Waals surface area contributed by atoms with Gasteiger partial charge in [-0.25, -0.2) is 0 Å². The summed E-state index contributed by atoms with van der Waals surface area (Å²) >= 11 is 0. The van der Waals surface area contributed by atoms with Crippen LogP contribution in [0.15, 0.2) is 0 Å². The maximum atomic E-state index is 12.0. The van der Waals surface area contributed by atoms with Gasteiger partial charge in [0.1, 0.15) is 0 Å². The monoisotopic (exact) mass is 325 g/mol. The van der Waals surface area contributed by atoms with E-state index in [0.29, 0.717) is 0 Å². The van der Waals surface area contributed by atoms with Gasteiger partial charge in [0.05, 0.1) is 0 Å². The van der Waals surface area contributed by atoms with Gasteiger partial charge in [0, 0.05) is 25.0 Å². The molecular weight excluding hydrogens is 297 g/mol. The standard InChI is InChI=1S/C14H27N3O.2ClH/c15-13-6-4-5-12(11-13)14(18)16-7-10-17-8-2-1-3-9-17;;/h12-13H,1-11,15H2,(H,16,18);2*1H. The van der Waals surface area contributed by atoms with Crippen LogP contribution in [0.25, 0.3) is 0 Å². The van der Waals surface area contributed by atoms with Crippen LogP contribution in [-0.4, -0.2) is 43.0 Å². The largest absolute Gasteiger partial charge is 0.355 e. The summed E-state index contributed by atoms with van der Waals surface area (Å²) < 4.78 is 0. The molecule has 0 radical (unpaired) electrons. The first-order valence-corrected chi connectivity index (χ1v) is 7.51. The lowest BCUT2D eigenvalue weighted by molar-refractivity contribution is -0.126. The molecule has 1 amide bonds. The number of hydrogen-bond donors (Lipinski definition) is 2. The smallest absolute Gasteiger partial charge is 0.223 e. The van der Waals surface area contributed by atoms with Crippen molar-refractivity contribution in [3.05, 3.63) is 0 Å². The third-order valence-electron chi connectivity index (χ3n) is 4.26. The van der Waals surface area contributed by atoms with E-state index >= 15 is 0 Å². The molecule has 0 aromatic heterocycles. The average molecular weight is 326 g/mol. The highest BCUT2D eigenvalue weighted by molar-refractivity contribution is 5.85. The lowest BCUT2D eigenvalue weighted by Crippen LogP contribution is -2.41.